The average Bonchev–Trinajstić information content (AvgIpc) is 3.12. The van der Waals surface area contributed by atoms with Gasteiger partial charge in [-0.2, -0.15) is 9.49 Å². The van der Waals surface area contributed by atoms with E-state index in [2.05, 4.69) is 58.5 Å². The van der Waals surface area contributed by atoms with E-state index in [1.807, 2.05) is 0 Å². The molecule has 2 aromatic heterocycles. The summed E-state index contributed by atoms with van der Waals surface area (Å²) in [6, 6.07) is 5.27. The lowest BCUT2D eigenvalue weighted by molar-refractivity contribution is -0.120. The molecule has 0 aliphatic carbocycles. The van der Waals surface area contributed by atoms with E-state index < -0.39 is 5.95 Å². The summed E-state index contributed by atoms with van der Waals surface area (Å²) < 4.78 is 19.0. The lowest BCUT2D eigenvalue weighted by Crippen LogP contribution is -2.60. The Morgan fingerprint density at radius 2 is 1.84 bits per heavy atom. The number of H-pyrrole nitrogens is 1. The maximum absolute atomic E-state index is 13.8. The van der Waals surface area contributed by atoms with Crippen LogP contribution in [-0.4, -0.2) is 43.8 Å². The van der Waals surface area contributed by atoms with E-state index in [1.165, 1.54) is 6.20 Å². The van der Waals surface area contributed by atoms with Crippen molar-refractivity contribution in [3.05, 3.63) is 42.7 Å². The first-order valence-corrected chi connectivity index (χ1v) is 10.5. The van der Waals surface area contributed by atoms with Gasteiger partial charge < -0.3 is 15.4 Å². The number of ether oxygens (including phenoxy) is 1. The van der Waals surface area contributed by atoms with Gasteiger partial charge in [-0.3, -0.25) is 14.9 Å². The molecule has 1 aromatic carbocycles. The molecule has 0 saturated carbocycles. The molecule has 1 fully saturated rings. The Hall–Kier alpha value is -3.33. The van der Waals surface area contributed by atoms with Gasteiger partial charge in [-0.05, 0) is 58.2 Å². The Labute approximate surface area is 186 Å². The summed E-state index contributed by atoms with van der Waals surface area (Å²) in [6.45, 7) is 9.13. The number of nitrogens with zero attached hydrogens (tertiary/aromatic N) is 3. The number of carbonyl (C=O) groups excluding carboxylic acids is 1. The van der Waals surface area contributed by atoms with Crippen LogP contribution in [0.15, 0.2) is 36.8 Å². The largest absolute Gasteiger partial charge is 0.428 e. The molecule has 0 spiro atoms. The van der Waals surface area contributed by atoms with Crippen molar-refractivity contribution in [1.82, 2.24) is 25.5 Å². The minimum absolute atomic E-state index is 0.0179. The van der Waals surface area contributed by atoms with Crippen molar-refractivity contribution in [2.75, 3.05) is 5.32 Å². The number of benzene rings is 1. The smallest absolute Gasteiger partial charge is 0.298 e. The van der Waals surface area contributed by atoms with Crippen LogP contribution in [0.1, 0.15) is 40.5 Å². The molecule has 168 valence electrons. The van der Waals surface area contributed by atoms with Gasteiger partial charge in [0.2, 0.25) is 5.95 Å². The molecule has 3 aromatic rings. The lowest BCUT2D eigenvalue weighted by atomic mass is 9.79. The fourth-order valence-electron chi connectivity index (χ4n) is 4.70. The number of hydrogen-bond donors (Lipinski definition) is 3. The molecule has 3 N–H and O–H groups in total. The van der Waals surface area contributed by atoms with Crippen LogP contribution in [0.5, 0.6) is 5.75 Å². The maximum Gasteiger partial charge on any atom is 0.298 e. The summed E-state index contributed by atoms with van der Waals surface area (Å²) in [5.41, 5.74) is 1.96. The number of hydrogen-bond acceptors (Lipinski definition) is 7. The van der Waals surface area contributed by atoms with Crippen LogP contribution in [-0.2, 0) is 4.79 Å². The van der Waals surface area contributed by atoms with Gasteiger partial charge >= 0.3 is 0 Å². The Kier molecular flexibility index (Phi) is 5.68. The first-order valence-electron chi connectivity index (χ1n) is 10.5. The van der Waals surface area contributed by atoms with Crippen LogP contribution in [0.3, 0.4) is 0 Å². The van der Waals surface area contributed by atoms with Crippen LogP contribution in [0, 0.1) is 5.95 Å². The number of aromatic nitrogens is 4. The molecule has 32 heavy (non-hydrogen) atoms. The second-order valence-electron chi connectivity index (χ2n) is 9.45. The fraction of sp³-hybridized carbons (Fsp3) is 0.391. The van der Waals surface area contributed by atoms with Crippen molar-refractivity contribution in [3.63, 3.8) is 0 Å². The number of halogens is 1. The van der Waals surface area contributed by atoms with E-state index >= 15 is 0 Å². The number of nitrogens with one attached hydrogen (secondary N) is 3. The highest BCUT2D eigenvalue weighted by Crippen LogP contribution is 2.34. The molecular weight excluding hydrogens is 411 g/mol. The van der Waals surface area contributed by atoms with Gasteiger partial charge in [0, 0.05) is 22.7 Å². The number of anilines is 1. The van der Waals surface area contributed by atoms with Gasteiger partial charge in [-0.1, -0.05) is 6.07 Å². The highest BCUT2D eigenvalue weighted by atomic mass is 19.1. The Bertz CT molecular complexity index is 1090. The Morgan fingerprint density at radius 1 is 1.09 bits per heavy atom. The van der Waals surface area contributed by atoms with E-state index in [0.717, 1.165) is 12.8 Å². The van der Waals surface area contributed by atoms with Gasteiger partial charge in [0.15, 0.2) is 0 Å². The average molecular weight is 439 g/mol. The van der Waals surface area contributed by atoms with Crippen LogP contribution >= 0.6 is 0 Å². The van der Waals surface area contributed by atoms with Crippen molar-refractivity contribution in [2.45, 2.75) is 57.7 Å². The lowest BCUT2D eigenvalue weighted by Gasteiger charge is -2.46. The molecule has 0 radical (unpaired) electrons. The quantitative estimate of drug-likeness (QED) is 0.501. The van der Waals surface area contributed by atoms with Crippen molar-refractivity contribution >= 4 is 12.3 Å². The molecule has 8 nitrogen and oxygen atoms in total. The predicted octanol–water partition coefficient (Wildman–Crippen LogP) is 3.93. The van der Waals surface area contributed by atoms with Gasteiger partial charge in [0.05, 0.1) is 29.8 Å². The molecule has 0 amide bonds. The van der Waals surface area contributed by atoms with Gasteiger partial charge in [0.25, 0.3) is 6.47 Å². The van der Waals surface area contributed by atoms with E-state index in [4.69, 9.17) is 4.74 Å². The van der Waals surface area contributed by atoms with Crippen molar-refractivity contribution in [2.24, 2.45) is 0 Å². The minimum atomic E-state index is -0.561. The van der Waals surface area contributed by atoms with Crippen molar-refractivity contribution < 1.29 is 13.9 Å². The van der Waals surface area contributed by atoms with Crippen LogP contribution < -0.4 is 15.4 Å². The molecular formula is C23H27FN6O2. The summed E-state index contributed by atoms with van der Waals surface area (Å²) in [7, 11) is 0. The third-order valence-electron chi connectivity index (χ3n) is 5.53. The molecule has 0 bridgehead atoms. The summed E-state index contributed by atoms with van der Waals surface area (Å²) in [5.74, 6) is 0.381. The van der Waals surface area contributed by atoms with Gasteiger partial charge in [0.1, 0.15) is 11.6 Å². The highest BCUT2D eigenvalue weighted by molar-refractivity contribution is 5.75. The molecule has 1 aliphatic heterocycles. The SMILES string of the molecule is CC1(C)CC(Nc2cnc(-c3ccc(-c4cn[nH]c4F)cc3OC=O)cn2)CC(C)(C)N1. The highest BCUT2D eigenvalue weighted by Gasteiger charge is 2.37. The molecule has 1 aliphatic rings. The summed E-state index contributed by atoms with van der Waals surface area (Å²) in [5, 5.41) is 13.1. The first-order chi connectivity index (χ1) is 15.2. The minimum Gasteiger partial charge on any atom is -0.428 e. The number of rotatable bonds is 6. The number of aromatic amines is 1. The first kappa shape index (κ1) is 21.9. The Morgan fingerprint density at radius 3 is 2.44 bits per heavy atom. The summed E-state index contributed by atoms with van der Waals surface area (Å²) in [6.07, 6.45) is 6.60. The monoisotopic (exact) mass is 438 g/mol. The second-order valence-corrected chi connectivity index (χ2v) is 9.45. The third-order valence-corrected chi connectivity index (χ3v) is 5.53. The van der Waals surface area contributed by atoms with Crippen LogP contribution in [0.2, 0.25) is 0 Å². The zero-order chi connectivity index (χ0) is 22.9. The van der Waals surface area contributed by atoms with E-state index in [9.17, 15) is 9.18 Å². The van der Waals surface area contributed by atoms with Crippen LogP contribution in [0.25, 0.3) is 22.4 Å². The van der Waals surface area contributed by atoms with Gasteiger partial charge in [-0.25, -0.2) is 4.98 Å². The standard InChI is InChI=1S/C23H27FN6O2/c1-22(2)8-15(9-23(3,4)30-22)28-20-12-25-18(11-26-20)16-6-5-14(7-19(16)32-13-31)17-10-27-29-21(17)24/h5-7,10-13,15,30H,8-9H2,1-4H3,(H,26,28)(H,27,29). The van der Waals surface area contributed by atoms with E-state index in [0.29, 0.717) is 29.1 Å². The van der Waals surface area contributed by atoms with Crippen molar-refractivity contribution in [1.29, 1.82) is 0 Å². The second kappa shape index (κ2) is 8.31. The Balaban J connectivity index is 1.56. The van der Waals surface area contributed by atoms with Crippen molar-refractivity contribution in [3.8, 4) is 28.1 Å². The molecule has 1 saturated heterocycles. The normalized spacial score (nSPS) is 17.7. The zero-order valence-electron chi connectivity index (χ0n) is 18.6. The fourth-order valence-corrected chi connectivity index (χ4v) is 4.70. The molecule has 0 atom stereocenters. The topological polar surface area (TPSA) is 105 Å². The maximum atomic E-state index is 13.8. The molecule has 3 heterocycles. The van der Waals surface area contributed by atoms with E-state index in [-0.39, 0.29) is 28.4 Å². The number of carbonyl (C=O) groups is 1. The molecule has 4 rings (SSSR count). The predicted molar refractivity (Wildman–Crippen MR) is 120 cm³/mol. The molecule has 9 heteroatoms. The summed E-state index contributed by atoms with van der Waals surface area (Å²) >= 11 is 0. The van der Waals surface area contributed by atoms with Crippen LogP contribution in [0.4, 0.5) is 10.2 Å². The van der Waals surface area contributed by atoms with E-state index in [1.54, 1.807) is 30.6 Å². The third kappa shape index (κ3) is 4.77. The molecule has 0 unspecified atom stereocenters. The van der Waals surface area contributed by atoms with Gasteiger partial charge in [-0.15, -0.1) is 0 Å². The summed E-state index contributed by atoms with van der Waals surface area (Å²) in [4.78, 5) is 20.1. The number of piperidine rings is 1. The zero-order valence-corrected chi connectivity index (χ0v) is 18.6.